The van der Waals surface area contributed by atoms with Crippen LogP contribution in [-0.4, -0.2) is 57.7 Å². The van der Waals surface area contributed by atoms with Crippen LogP contribution in [0.15, 0.2) is 24.3 Å². The first kappa shape index (κ1) is 19.2. The number of fused-ring (bicyclic) bond motifs is 1. The molecule has 3 atom stereocenters. The van der Waals surface area contributed by atoms with E-state index in [1.165, 1.54) is 29.2 Å². The van der Waals surface area contributed by atoms with Crippen LogP contribution in [0.5, 0.6) is 5.75 Å². The first-order chi connectivity index (χ1) is 10.7. The number of nitrogens with two attached hydrogens (primary N) is 1. The van der Waals surface area contributed by atoms with Crippen LogP contribution in [0.2, 0.25) is 0 Å². The molecule has 0 spiro atoms. The van der Waals surface area contributed by atoms with E-state index in [0.717, 1.165) is 0 Å². The summed E-state index contributed by atoms with van der Waals surface area (Å²) >= 11 is 0. The van der Waals surface area contributed by atoms with Crippen LogP contribution in [0.4, 0.5) is 0 Å². The van der Waals surface area contributed by atoms with Crippen molar-refractivity contribution >= 4 is 22.1 Å². The first-order valence-electron chi connectivity index (χ1n) is 6.86. The molecule has 11 heteroatoms. The third-order valence-corrected chi connectivity index (χ3v) is 5.11. The maximum absolute atomic E-state index is 12.5. The molecule has 124 valence electrons. The molecule has 1 aromatic carbocycles. The van der Waals surface area contributed by atoms with E-state index in [-0.39, 0.29) is 52.6 Å². The number of phenolic OH excluding ortho intramolecular Hbond substituents is 1. The van der Waals surface area contributed by atoms with Gasteiger partial charge in [0, 0.05) is 6.54 Å². The fourth-order valence-corrected chi connectivity index (χ4v) is 3.94. The number of β-lactam (4-membered cyclic amide) rings is 1. The van der Waals surface area contributed by atoms with Crippen molar-refractivity contribution in [1.29, 1.82) is 0 Å². The van der Waals surface area contributed by atoms with Crippen LogP contribution in [0, 0.1) is 0 Å². The summed E-state index contributed by atoms with van der Waals surface area (Å²) in [7, 11) is -4.86. The minimum atomic E-state index is -4.86. The summed E-state index contributed by atoms with van der Waals surface area (Å²) in [6, 6.07) is 2.95. The Bertz CT molecular complexity index is 768. The zero-order valence-electron chi connectivity index (χ0n) is 12.8. The Hall–Kier alpha value is -1.17. The number of rotatable bonds is 3. The molecule has 2 amide bonds. The van der Waals surface area contributed by atoms with E-state index in [4.69, 9.17) is 5.73 Å². The molecule has 1 unspecified atom stereocenters. The molecule has 0 aromatic heterocycles. The molecule has 2 aliphatic heterocycles. The summed E-state index contributed by atoms with van der Waals surface area (Å²) in [6.45, 7) is 0.151. The van der Waals surface area contributed by atoms with E-state index >= 15 is 0 Å². The molecule has 3 N–H and O–H groups in total. The minimum Gasteiger partial charge on any atom is -0.731 e. The third-order valence-electron chi connectivity index (χ3n) is 4.18. The molecule has 9 nitrogen and oxygen atoms in total. The van der Waals surface area contributed by atoms with E-state index in [1.54, 1.807) is 0 Å². The van der Waals surface area contributed by atoms with Gasteiger partial charge in [-0.1, -0.05) is 12.1 Å². The molecule has 3 rings (SSSR count). The van der Waals surface area contributed by atoms with Gasteiger partial charge in [0.15, 0.2) is 10.3 Å². The summed E-state index contributed by atoms with van der Waals surface area (Å²) in [5.74, 6) is -1.40. The number of amides is 2. The molecule has 0 aliphatic carbocycles. The molecule has 24 heavy (non-hydrogen) atoms. The largest absolute Gasteiger partial charge is 1.00 e. The third kappa shape index (κ3) is 3.05. The van der Waals surface area contributed by atoms with Crippen molar-refractivity contribution in [1.82, 2.24) is 9.21 Å². The topological polar surface area (TPSA) is 144 Å². The Morgan fingerprint density at radius 2 is 1.92 bits per heavy atom. The predicted molar refractivity (Wildman–Crippen MR) is 75.5 cm³/mol. The zero-order valence-corrected chi connectivity index (χ0v) is 15.6. The first-order valence-corrected chi connectivity index (χ1v) is 8.22. The van der Waals surface area contributed by atoms with Crippen LogP contribution >= 0.6 is 0 Å². The van der Waals surface area contributed by atoms with E-state index in [2.05, 4.69) is 0 Å². The van der Waals surface area contributed by atoms with E-state index in [0.29, 0.717) is 5.56 Å². The molecule has 0 bridgehead atoms. The Morgan fingerprint density at radius 1 is 1.33 bits per heavy atom. The van der Waals surface area contributed by atoms with Gasteiger partial charge in [-0.2, -0.15) is 0 Å². The van der Waals surface area contributed by atoms with Crippen molar-refractivity contribution in [3.05, 3.63) is 29.8 Å². The summed E-state index contributed by atoms with van der Waals surface area (Å²) in [5, 5.41) is 9.24. The van der Waals surface area contributed by atoms with Crippen LogP contribution in [0.3, 0.4) is 0 Å². The van der Waals surface area contributed by atoms with Gasteiger partial charge in [-0.3, -0.25) is 9.59 Å². The number of carbonyl (C=O) groups excluding carboxylic acids is 2. The average Bonchev–Trinajstić information content (AvgIpc) is 2.83. The minimum absolute atomic E-state index is 0. The number of phenols is 1. The van der Waals surface area contributed by atoms with Crippen molar-refractivity contribution in [2.45, 2.75) is 24.5 Å². The van der Waals surface area contributed by atoms with Gasteiger partial charge in [0.2, 0.25) is 5.91 Å². The monoisotopic (exact) mass is 363 g/mol. The molecule has 0 saturated carbocycles. The molecule has 2 fully saturated rings. The number of nitrogens with zero attached hydrogens (tertiary/aromatic N) is 2. The second kappa shape index (κ2) is 6.62. The predicted octanol–water partition coefficient (Wildman–Crippen LogP) is -4.33. The number of benzene rings is 1. The molecule has 1 aromatic rings. The van der Waals surface area contributed by atoms with Gasteiger partial charge >= 0.3 is 29.6 Å². The van der Waals surface area contributed by atoms with Crippen molar-refractivity contribution < 1.29 is 57.2 Å². The summed E-state index contributed by atoms with van der Waals surface area (Å²) in [6.07, 6.45) is 0.214. The van der Waals surface area contributed by atoms with E-state index < -0.39 is 40.2 Å². The fourth-order valence-electron chi connectivity index (χ4n) is 3.06. The number of carbonyl (C=O) groups is 2. The number of likely N-dealkylation sites (tertiary alicyclic amines) is 1. The zero-order chi connectivity index (χ0) is 16.9. The van der Waals surface area contributed by atoms with Gasteiger partial charge in [0.1, 0.15) is 17.8 Å². The van der Waals surface area contributed by atoms with Gasteiger partial charge in [-0.05, 0) is 24.1 Å². The standard InChI is InChI=1S/C13H15N3O6S.Na/c14-10(7-1-3-8(17)4-2-7)12(18)15-6-5-9-11(15)13(19)16(9)23(20,21)22;/h1-4,9-11,17H,5-6,14H2,(H,20,21,22);/q;+1/p-1/t9-,10?,11+;/m1./s1. The quantitative estimate of drug-likeness (QED) is 0.314. The van der Waals surface area contributed by atoms with Gasteiger partial charge in [0.05, 0.1) is 6.04 Å². The second-order valence-electron chi connectivity index (χ2n) is 5.49. The van der Waals surface area contributed by atoms with Crippen LogP contribution < -0.4 is 35.3 Å². The molecule has 2 aliphatic rings. The van der Waals surface area contributed by atoms with Crippen molar-refractivity contribution in [2.24, 2.45) is 5.73 Å². The molecular weight excluding hydrogens is 349 g/mol. The molecule has 2 heterocycles. The summed E-state index contributed by atoms with van der Waals surface area (Å²) in [5.41, 5.74) is 6.34. The fraction of sp³-hybridized carbons (Fsp3) is 0.385. The maximum atomic E-state index is 12.5. The second-order valence-corrected chi connectivity index (χ2v) is 6.74. The number of hydrogen-bond donors (Lipinski definition) is 2. The number of hydrogen-bond acceptors (Lipinski definition) is 7. The van der Waals surface area contributed by atoms with Crippen LogP contribution in [-0.2, 0) is 19.9 Å². The SMILES string of the molecule is NC(C(=O)N1CC[C@@H]2[C@H]1C(=O)N2S(=O)(=O)[O-])c1ccc(O)cc1.[Na+]. The van der Waals surface area contributed by atoms with Gasteiger partial charge in [-0.15, -0.1) is 0 Å². The van der Waals surface area contributed by atoms with Crippen LogP contribution in [0.1, 0.15) is 18.0 Å². The average molecular weight is 363 g/mol. The Morgan fingerprint density at radius 3 is 2.46 bits per heavy atom. The molecular formula is C13H14N3NaO6S. The Kier molecular flexibility index (Phi) is 5.28. The van der Waals surface area contributed by atoms with E-state index in [1.807, 2.05) is 0 Å². The number of aromatic hydroxyl groups is 1. The van der Waals surface area contributed by atoms with Gasteiger partial charge in [0.25, 0.3) is 5.91 Å². The van der Waals surface area contributed by atoms with Crippen molar-refractivity contribution in [3.8, 4) is 5.75 Å². The Labute approximate surface area is 160 Å². The summed E-state index contributed by atoms with van der Waals surface area (Å²) in [4.78, 5) is 25.6. The van der Waals surface area contributed by atoms with Crippen molar-refractivity contribution in [3.63, 3.8) is 0 Å². The van der Waals surface area contributed by atoms with Crippen molar-refractivity contribution in [2.75, 3.05) is 6.54 Å². The van der Waals surface area contributed by atoms with E-state index in [9.17, 15) is 27.7 Å². The Balaban J connectivity index is 0.00000208. The smallest absolute Gasteiger partial charge is 0.731 e. The normalized spacial score (nSPS) is 24.0. The van der Waals surface area contributed by atoms with Crippen LogP contribution in [0.25, 0.3) is 0 Å². The maximum Gasteiger partial charge on any atom is 1.00 e. The summed E-state index contributed by atoms with van der Waals surface area (Å²) < 4.78 is 33.4. The van der Waals surface area contributed by atoms with Gasteiger partial charge in [-0.25, -0.2) is 12.7 Å². The van der Waals surface area contributed by atoms with Gasteiger partial charge < -0.3 is 20.3 Å². The molecule has 2 saturated heterocycles. The molecule has 0 radical (unpaired) electrons.